The summed E-state index contributed by atoms with van der Waals surface area (Å²) in [6, 6.07) is 0. The largest absolute Gasteiger partial charge is 0.379 e. The summed E-state index contributed by atoms with van der Waals surface area (Å²) >= 11 is 0. The van der Waals surface area contributed by atoms with Gasteiger partial charge in [0.25, 0.3) is 0 Å². The summed E-state index contributed by atoms with van der Waals surface area (Å²) in [5.41, 5.74) is 2.06. The zero-order valence-corrected chi connectivity index (χ0v) is 10.4. The molecule has 0 saturated carbocycles. The predicted octanol–water partition coefficient (Wildman–Crippen LogP) is 0.413. The van der Waals surface area contributed by atoms with E-state index in [9.17, 15) is 4.79 Å². The fourth-order valence-electron chi connectivity index (χ4n) is 1.27. The number of nitrogens with one attached hydrogen (secondary N) is 1. The highest BCUT2D eigenvalue weighted by Gasteiger charge is 2.21. The molecule has 94 valence electrons. The number of carbonyl (C=O) groups excluding carboxylic acids is 1. The molecule has 16 heavy (non-hydrogen) atoms. The van der Waals surface area contributed by atoms with Crippen molar-refractivity contribution in [3.63, 3.8) is 0 Å². The van der Waals surface area contributed by atoms with Crippen LogP contribution < -0.4 is 5.48 Å². The second kappa shape index (κ2) is 6.18. The second-order valence-corrected chi connectivity index (χ2v) is 4.98. The van der Waals surface area contributed by atoms with Crippen molar-refractivity contribution in [1.29, 1.82) is 0 Å². The van der Waals surface area contributed by atoms with Crippen LogP contribution in [0.5, 0.6) is 0 Å². The Morgan fingerprint density at radius 1 is 1.38 bits per heavy atom. The van der Waals surface area contributed by atoms with Gasteiger partial charge in [-0.15, -0.1) is 0 Å². The number of hydrogen-bond donors (Lipinski definition) is 1. The molecule has 0 aromatic carbocycles. The van der Waals surface area contributed by atoms with Gasteiger partial charge in [-0.25, -0.2) is 5.48 Å². The molecule has 0 radical (unpaired) electrons. The SMILES string of the molecule is CC(C)(C)C(=O)NOCCN1CCOCC1. The van der Waals surface area contributed by atoms with Gasteiger partial charge in [0.15, 0.2) is 0 Å². The van der Waals surface area contributed by atoms with Crippen LogP contribution >= 0.6 is 0 Å². The van der Waals surface area contributed by atoms with Crippen molar-refractivity contribution in [3.05, 3.63) is 0 Å². The molecule has 5 nitrogen and oxygen atoms in total. The minimum Gasteiger partial charge on any atom is -0.379 e. The van der Waals surface area contributed by atoms with Crippen molar-refractivity contribution in [3.8, 4) is 0 Å². The van der Waals surface area contributed by atoms with Crippen molar-refractivity contribution in [2.24, 2.45) is 5.41 Å². The molecule has 5 heteroatoms. The molecule has 1 fully saturated rings. The standard InChI is InChI=1S/C11H22N2O3/c1-11(2,3)10(14)12-16-9-6-13-4-7-15-8-5-13/h4-9H2,1-3H3,(H,12,14). The Bertz CT molecular complexity index is 220. The van der Waals surface area contributed by atoms with E-state index in [2.05, 4.69) is 10.4 Å². The van der Waals surface area contributed by atoms with E-state index in [1.807, 2.05) is 20.8 Å². The molecule has 1 heterocycles. The Kier molecular flexibility index (Phi) is 5.18. The van der Waals surface area contributed by atoms with E-state index in [1.54, 1.807) is 0 Å². The molecule has 0 bridgehead atoms. The maximum Gasteiger partial charge on any atom is 0.248 e. The third-order valence-corrected chi connectivity index (χ3v) is 2.46. The molecule has 1 aliphatic heterocycles. The number of rotatable bonds is 4. The third kappa shape index (κ3) is 4.92. The summed E-state index contributed by atoms with van der Waals surface area (Å²) in [4.78, 5) is 18.8. The Morgan fingerprint density at radius 2 is 2.00 bits per heavy atom. The lowest BCUT2D eigenvalue weighted by atomic mass is 9.96. The van der Waals surface area contributed by atoms with Gasteiger partial charge in [-0.2, -0.15) is 0 Å². The molecule has 0 atom stereocenters. The van der Waals surface area contributed by atoms with Crippen LogP contribution in [0.2, 0.25) is 0 Å². The monoisotopic (exact) mass is 230 g/mol. The van der Waals surface area contributed by atoms with E-state index in [1.165, 1.54) is 0 Å². The molecule has 1 amide bonds. The minimum absolute atomic E-state index is 0.0884. The predicted molar refractivity (Wildman–Crippen MR) is 60.8 cm³/mol. The lowest BCUT2D eigenvalue weighted by molar-refractivity contribution is -0.142. The first-order valence-electron chi connectivity index (χ1n) is 5.72. The maximum absolute atomic E-state index is 11.4. The van der Waals surface area contributed by atoms with Crippen molar-refractivity contribution in [2.45, 2.75) is 20.8 Å². The lowest BCUT2D eigenvalue weighted by Gasteiger charge is -2.26. The van der Waals surface area contributed by atoms with Gasteiger partial charge in [0.05, 0.1) is 19.8 Å². The molecule has 1 rings (SSSR count). The fourth-order valence-corrected chi connectivity index (χ4v) is 1.27. The Hall–Kier alpha value is -0.650. The van der Waals surface area contributed by atoms with Gasteiger partial charge in [-0.3, -0.25) is 14.5 Å². The average Bonchev–Trinajstić information content (AvgIpc) is 2.24. The average molecular weight is 230 g/mol. The second-order valence-electron chi connectivity index (χ2n) is 4.98. The smallest absolute Gasteiger partial charge is 0.248 e. The van der Waals surface area contributed by atoms with Crippen LogP contribution in [-0.2, 0) is 14.4 Å². The lowest BCUT2D eigenvalue weighted by Crippen LogP contribution is -2.40. The third-order valence-electron chi connectivity index (χ3n) is 2.46. The summed E-state index contributed by atoms with van der Waals surface area (Å²) in [6.07, 6.45) is 0. The number of hydroxylamine groups is 1. The molecule has 0 spiro atoms. The van der Waals surface area contributed by atoms with Gasteiger partial charge in [-0.05, 0) is 0 Å². The fraction of sp³-hybridized carbons (Fsp3) is 0.909. The first kappa shape index (κ1) is 13.4. The van der Waals surface area contributed by atoms with Gasteiger partial charge in [-0.1, -0.05) is 20.8 Å². The van der Waals surface area contributed by atoms with E-state index >= 15 is 0 Å². The first-order valence-corrected chi connectivity index (χ1v) is 5.72. The van der Waals surface area contributed by atoms with Gasteiger partial charge < -0.3 is 4.74 Å². The summed E-state index contributed by atoms with van der Waals surface area (Å²) in [5, 5.41) is 0. The zero-order valence-electron chi connectivity index (χ0n) is 10.4. The molecule has 0 aliphatic carbocycles. The van der Waals surface area contributed by atoms with Crippen LogP contribution in [0.4, 0.5) is 0 Å². The van der Waals surface area contributed by atoms with Crippen LogP contribution in [0.1, 0.15) is 20.8 Å². The molecule has 1 aliphatic rings. The highest BCUT2D eigenvalue weighted by molar-refractivity contribution is 5.80. The van der Waals surface area contributed by atoms with Gasteiger partial charge in [0.1, 0.15) is 0 Å². The van der Waals surface area contributed by atoms with Gasteiger partial charge in [0.2, 0.25) is 5.91 Å². The highest BCUT2D eigenvalue weighted by Crippen LogP contribution is 2.12. The molecular weight excluding hydrogens is 208 g/mol. The molecule has 0 aromatic rings. The van der Waals surface area contributed by atoms with E-state index in [-0.39, 0.29) is 5.91 Å². The Morgan fingerprint density at radius 3 is 2.56 bits per heavy atom. The number of hydrogen-bond acceptors (Lipinski definition) is 4. The zero-order chi connectivity index (χ0) is 12.0. The van der Waals surface area contributed by atoms with Crippen molar-refractivity contribution >= 4 is 5.91 Å². The maximum atomic E-state index is 11.4. The number of amides is 1. The van der Waals surface area contributed by atoms with Crippen molar-refractivity contribution in [1.82, 2.24) is 10.4 Å². The van der Waals surface area contributed by atoms with E-state index in [0.29, 0.717) is 6.61 Å². The van der Waals surface area contributed by atoms with Crippen LogP contribution in [0.25, 0.3) is 0 Å². The number of ether oxygens (including phenoxy) is 1. The minimum atomic E-state index is -0.404. The topological polar surface area (TPSA) is 50.8 Å². The summed E-state index contributed by atoms with van der Waals surface area (Å²) in [5.74, 6) is -0.0884. The van der Waals surface area contributed by atoms with Crippen molar-refractivity contribution in [2.75, 3.05) is 39.5 Å². The van der Waals surface area contributed by atoms with Crippen LogP contribution in [0, 0.1) is 5.41 Å². The summed E-state index contributed by atoms with van der Waals surface area (Å²) < 4.78 is 5.24. The molecule has 1 saturated heterocycles. The van der Waals surface area contributed by atoms with Crippen LogP contribution in [-0.4, -0.2) is 50.3 Å². The number of nitrogens with zero attached hydrogens (tertiary/aromatic N) is 1. The Labute approximate surface area is 97.0 Å². The van der Waals surface area contributed by atoms with E-state index in [4.69, 9.17) is 9.57 Å². The number of morpholine rings is 1. The molecule has 0 unspecified atom stereocenters. The molecular formula is C11H22N2O3. The van der Waals surface area contributed by atoms with E-state index in [0.717, 1.165) is 32.8 Å². The van der Waals surface area contributed by atoms with Gasteiger partial charge >= 0.3 is 0 Å². The number of carbonyl (C=O) groups is 1. The van der Waals surface area contributed by atoms with Gasteiger partial charge in [0, 0.05) is 25.0 Å². The van der Waals surface area contributed by atoms with Crippen LogP contribution in [0.15, 0.2) is 0 Å². The van der Waals surface area contributed by atoms with E-state index < -0.39 is 5.41 Å². The first-order chi connectivity index (χ1) is 7.50. The normalized spacial score (nSPS) is 18.4. The quantitative estimate of drug-likeness (QED) is 0.561. The molecule has 1 N–H and O–H groups in total. The summed E-state index contributed by atoms with van der Waals surface area (Å²) in [7, 11) is 0. The van der Waals surface area contributed by atoms with Crippen LogP contribution in [0.3, 0.4) is 0 Å². The highest BCUT2D eigenvalue weighted by atomic mass is 16.7. The summed E-state index contributed by atoms with van der Waals surface area (Å²) in [6.45, 7) is 10.4. The molecule has 0 aromatic heterocycles. The van der Waals surface area contributed by atoms with Crippen molar-refractivity contribution < 1.29 is 14.4 Å². The Balaban J connectivity index is 2.05.